The molecule has 0 radical (unpaired) electrons. The molecule has 88 valence electrons. The summed E-state index contributed by atoms with van der Waals surface area (Å²) in [6.45, 7) is 2.10. The summed E-state index contributed by atoms with van der Waals surface area (Å²) >= 11 is 0. The number of hydroxylamine groups is 2. The molecule has 1 heterocycles. The van der Waals surface area contributed by atoms with Gasteiger partial charge in [-0.1, -0.05) is 0 Å². The zero-order valence-corrected chi connectivity index (χ0v) is 8.82. The second-order valence-corrected chi connectivity index (χ2v) is 3.18. The van der Waals surface area contributed by atoms with Crippen LogP contribution in [0.25, 0.3) is 0 Å². The first-order chi connectivity index (χ1) is 7.54. The number of imide groups is 1. The fourth-order valence-corrected chi connectivity index (χ4v) is 1.18. The molecule has 0 aromatic rings. The van der Waals surface area contributed by atoms with Gasteiger partial charge < -0.3 is 10.2 Å². The van der Waals surface area contributed by atoms with E-state index in [4.69, 9.17) is 0 Å². The minimum Gasteiger partial charge on any atom is -0.356 e. The fraction of sp³-hybridized carbons (Fsp3) is 0.556. The van der Waals surface area contributed by atoms with Gasteiger partial charge in [-0.25, -0.2) is 4.79 Å². The highest BCUT2D eigenvalue weighted by Gasteiger charge is 2.33. The molecular weight excluding hydrogens is 216 g/mol. The number of amides is 3. The summed E-state index contributed by atoms with van der Waals surface area (Å²) in [7, 11) is 0. The van der Waals surface area contributed by atoms with Crippen LogP contribution < -0.4 is 5.32 Å². The van der Waals surface area contributed by atoms with Gasteiger partial charge in [0.05, 0.1) is 0 Å². The van der Waals surface area contributed by atoms with Crippen LogP contribution in [0.4, 0.5) is 0 Å². The van der Waals surface area contributed by atoms with Crippen molar-refractivity contribution in [2.75, 3.05) is 6.54 Å². The fourth-order valence-electron chi connectivity index (χ4n) is 1.18. The average molecular weight is 228 g/mol. The Balaban J connectivity index is 2.42. The lowest BCUT2D eigenvalue weighted by Crippen LogP contribution is -2.34. The summed E-state index contributed by atoms with van der Waals surface area (Å²) in [5.74, 6) is -2.55. The van der Waals surface area contributed by atoms with Crippen molar-refractivity contribution in [3.63, 3.8) is 0 Å². The number of rotatable bonds is 4. The summed E-state index contributed by atoms with van der Waals surface area (Å²) in [5.41, 5.74) is 0. The molecule has 3 amide bonds. The van der Waals surface area contributed by atoms with Gasteiger partial charge in [0, 0.05) is 19.4 Å². The molecule has 0 bridgehead atoms. The normalized spacial score (nSPS) is 15.2. The molecule has 0 aliphatic carbocycles. The Labute approximate surface area is 91.7 Å². The standard InChI is InChI=1S/C9H12N2O5/c1-2-10-6(12)5-9(15)16-11-7(13)3-4-8(11)14/h2-5H2,1H3,(H,10,12). The van der Waals surface area contributed by atoms with Gasteiger partial charge in [0.25, 0.3) is 11.8 Å². The number of hydrogen-bond donors (Lipinski definition) is 1. The third-order valence-electron chi connectivity index (χ3n) is 1.88. The third-order valence-corrected chi connectivity index (χ3v) is 1.88. The van der Waals surface area contributed by atoms with Gasteiger partial charge in [0.2, 0.25) is 5.91 Å². The van der Waals surface area contributed by atoms with Crippen LogP contribution in [0.1, 0.15) is 26.2 Å². The van der Waals surface area contributed by atoms with Gasteiger partial charge in [0.15, 0.2) is 0 Å². The third kappa shape index (κ3) is 3.04. The smallest absolute Gasteiger partial charge is 0.342 e. The van der Waals surface area contributed by atoms with Crippen LogP contribution in [-0.4, -0.2) is 35.3 Å². The van der Waals surface area contributed by atoms with E-state index in [-0.39, 0.29) is 12.8 Å². The molecule has 1 fully saturated rings. The zero-order chi connectivity index (χ0) is 12.1. The van der Waals surface area contributed by atoms with Crippen molar-refractivity contribution >= 4 is 23.7 Å². The summed E-state index contributed by atoms with van der Waals surface area (Å²) < 4.78 is 0. The van der Waals surface area contributed by atoms with Gasteiger partial charge in [-0.3, -0.25) is 14.4 Å². The number of nitrogens with one attached hydrogen (secondary N) is 1. The van der Waals surface area contributed by atoms with Gasteiger partial charge in [-0.2, -0.15) is 0 Å². The maximum absolute atomic E-state index is 11.1. The van der Waals surface area contributed by atoms with Gasteiger partial charge in [0.1, 0.15) is 6.42 Å². The van der Waals surface area contributed by atoms with Crippen molar-refractivity contribution in [3.8, 4) is 0 Å². The molecule has 1 aliphatic rings. The highest BCUT2D eigenvalue weighted by molar-refractivity contribution is 6.02. The van der Waals surface area contributed by atoms with E-state index in [2.05, 4.69) is 10.2 Å². The number of nitrogens with zero attached hydrogens (tertiary/aromatic N) is 1. The predicted molar refractivity (Wildman–Crippen MR) is 50.5 cm³/mol. The molecule has 0 spiro atoms. The molecule has 1 aliphatic heterocycles. The maximum Gasteiger partial charge on any atom is 0.342 e. The van der Waals surface area contributed by atoms with E-state index in [9.17, 15) is 19.2 Å². The Kier molecular flexibility index (Phi) is 3.98. The predicted octanol–water partition coefficient (Wildman–Crippen LogP) is -0.880. The Morgan fingerprint density at radius 1 is 1.31 bits per heavy atom. The van der Waals surface area contributed by atoms with E-state index in [1.807, 2.05) is 0 Å². The summed E-state index contributed by atoms with van der Waals surface area (Å²) in [5, 5.41) is 2.81. The lowest BCUT2D eigenvalue weighted by atomic mass is 10.4. The highest BCUT2D eigenvalue weighted by Crippen LogP contribution is 2.12. The summed E-state index contributed by atoms with van der Waals surface area (Å²) in [4.78, 5) is 48.7. The Hall–Kier alpha value is -1.92. The van der Waals surface area contributed by atoms with Crippen LogP contribution in [0.5, 0.6) is 0 Å². The van der Waals surface area contributed by atoms with Crippen molar-refractivity contribution in [1.82, 2.24) is 10.4 Å². The second-order valence-electron chi connectivity index (χ2n) is 3.18. The molecule has 0 unspecified atom stereocenters. The Morgan fingerprint density at radius 3 is 2.38 bits per heavy atom. The van der Waals surface area contributed by atoms with Crippen LogP contribution in [0, 0.1) is 0 Å². The molecule has 0 aromatic carbocycles. The topological polar surface area (TPSA) is 92.8 Å². The molecule has 7 nitrogen and oxygen atoms in total. The van der Waals surface area contributed by atoms with Gasteiger partial charge in [-0.05, 0) is 6.92 Å². The van der Waals surface area contributed by atoms with E-state index < -0.39 is 30.1 Å². The van der Waals surface area contributed by atoms with E-state index >= 15 is 0 Å². The first-order valence-electron chi connectivity index (χ1n) is 4.88. The largest absolute Gasteiger partial charge is 0.356 e. The average Bonchev–Trinajstić information content (AvgIpc) is 2.49. The van der Waals surface area contributed by atoms with E-state index in [0.29, 0.717) is 11.6 Å². The molecule has 1 N–H and O–H groups in total. The van der Waals surface area contributed by atoms with Crippen LogP contribution >= 0.6 is 0 Å². The summed E-state index contributed by atoms with van der Waals surface area (Å²) in [6.07, 6.45) is -0.439. The number of carbonyl (C=O) groups excluding carboxylic acids is 4. The van der Waals surface area contributed by atoms with Gasteiger partial charge in [-0.15, -0.1) is 5.06 Å². The van der Waals surface area contributed by atoms with Crippen LogP contribution in [0.2, 0.25) is 0 Å². The molecule has 1 rings (SSSR count). The molecule has 7 heteroatoms. The van der Waals surface area contributed by atoms with E-state index in [0.717, 1.165) is 0 Å². The first kappa shape index (κ1) is 12.2. The Bertz CT molecular complexity index is 323. The van der Waals surface area contributed by atoms with Crippen LogP contribution in [0.3, 0.4) is 0 Å². The molecule has 0 saturated carbocycles. The monoisotopic (exact) mass is 228 g/mol. The molecule has 16 heavy (non-hydrogen) atoms. The van der Waals surface area contributed by atoms with Crippen molar-refractivity contribution in [1.29, 1.82) is 0 Å². The number of carbonyl (C=O) groups is 4. The van der Waals surface area contributed by atoms with Crippen molar-refractivity contribution < 1.29 is 24.0 Å². The van der Waals surface area contributed by atoms with Crippen LogP contribution in [-0.2, 0) is 24.0 Å². The van der Waals surface area contributed by atoms with E-state index in [1.54, 1.807) is 6.92 Å². The van der Waals surface area contributed by atoms with Crippen molar-refractivity contribution in [2.45, 2.75) is 26.2 Å². The molecule has 0 atom stereocenters. The minimum absolute atomic E-state index is 0.0350. The quantitative estimate of drug-likeness (QED) is 0.498. The number of hydrogen-bond acceptors (Lipinski definition) is 5. The molecule has 0 aromatic heterocycles. The van der Waals surface area contributed by atoms with Crippen LogP contribution in [0.15, 0.2) is 0 Å². The summed E-state index contributed by atoms with van der Waals surface area (Å²) in [6, 6.07) is 0. The molecular formula is C9H12N2O5. The van der Waals surface area contributed by atoms with Crippen molar-refractivity contribution in [2.24, 2.45) is 0 Å². The lowest BCUT2D eigenvalue weighted by molar-refractivity contribution is -0.197. The Morgan fingerprint density at radius 2 is 1.88 bits per heavy atom. The zero-order valence-electron chi connectivity index (χ0n) is 8.82. The van der Waals surface area contributed by atoms with Crippen molar-refractivity contribution in [3.05, 3.63) is 0 Å². The van der Waals surface area contributed by atoms with E-state index in [1.165, 1.54) is 0 Å². The molecule has 1 saturated heterocycles. The first-order valence-corrected chi connectivity index (χ1v) is 4.88. The van der Waals surface area contributed by atoms with Gasteiger partial charge >= 0.3 is 5.97 Å². The second kappa shape index (κ2) is 5.24. The highest BCUT2D eigenvalue weighted by atomic mass is 16.7. The SMILES string of the molecule is CCNC(=O)CC(=O)ON1C(=O)CCC1=O. The lowest BCUT2D eigenvalue weighted by Gasteiger charge is -2.12. The maximum atomic E-state index is 11.1. The minimum atomic E-state index is -0.922.